The maximum absolute atomic E-state index is 13.1. The summed E-state index contributed by atoms with van der Waals surface area (Å²) in [6.45, 7) is 2.36. The van der Waals surface area contributed by atoms with E-state index in [1.807, 2.05) is 25.1 Å². The second-order valence-electron chi connectivity index (χ2n) is 5.66. The summed E-state index contributed by atoms with van der Waals surface area (Å²) in [5, 5.41) is 14.8. The molecule has 6 heteroatoms. The standard InChI is InChI=1S/C20H20FN3O2/c1-14-6-7-19(26-2)18(10-14)24-20(25)16(12-22)13-23-9-8-15-4-3-5-17(21)11-15/h3-7,10-11,13,23H,8-9H2,1-2H3,(H,24,25)/b16-13-. The molecule has 0 heterocycles. The highest BCUT2D eigenvalue weighted by Gasteiger charge is 2.12. The molecule has 2 rings (SSSR count). The molecule has 0 fully saturated rings. The summed E-state index contributed by atoms with van der Waals surface area (Å²) in [7, 11) is 1.51. The summed E-state index contributed by atoms with van der Waals surface area (Å²) < 4.78 is 18.3. The van der Waals surface area contributed by atoms with E-state index in [1.165, 1.54) is 25.4 Å². The van der Waals surface area contributed by atoms with Crippen molar-refractivity contribution < 1.29 is 13.9 Å². The normalized spacial score (nSPS) is 10.8. The molecular weight excluding hydrogens is 333 g/mol. The Morgan fingerprint density at radius 2 is 2.12 bits per heavy atom. The summed E-state index contributed by atoms with van der Waals surface area (Å²) in [4.78, 5) is 12.3. The van der Waals surface area contributed by atoms with Gasteiger partial charge in [-0.3, -0.25) is 4.79 Å². The molecule has 0 saturated carbocycles. The maximum Gasteiger partial charge on any atom is 0.267 e. The third kappa shape index (κ3) is 5.35. The lowest BCUT2D eigenvalue weighted by atomic mass is 10.1. The van der Waals surface area contributed by atoms with Crippen molar-refractivity contribution in [3.63, 3.8) is 0 Å². The molecule has 0 bridgehead atoms. The number of amides is 1. The average Bonchev–Trinajstić information content (AvgIpc) is 2.62. The van der Waals surface area contributed by atoms with Gasteiger partial charge in [0.2, 0.25) is 0 Å². The largest absolute Gasteiger partial charge is 0.495 e. The quantitative estimate of drug-likeness (QED) is 0.455. The Kier molecular flexibility index (Phi) is 6.75. The fraction of sp³-hybridized carbons (Fsp3) is 0.200. The van der Waals surface area contributed by atoms with E-state index in [2.05, 4.69) is 10.6 Å². The molecule has 2 aromatic rings. The number of halogens is 1. The van der Waals surface area contributed by atoms with E-state index in [-0.39, 0.29) is 11.4 Å². The van der Waals surface area contributed by atoms with Crippen molar-refractivity contribution in [1.82, 2.24) is 5.32 Å². The molecule has 0 aliphatic heterocycles. The van der Waals surface area contributed by atoms with Gasteiger partial charge in [-0.2, -0.15) is 5.26 Å². The molecule has 134 valence electrons. The van der Waals surface area contributed by atoms with E-state index in [0.29, 0.717) is 24.4 Å². The van der Waals surface area contributed by atoms with Crippen LogP contribution in [-0.4, -0.2) is 19.6 Å². The van der Waals surface area contributed by atoms with Crippen molar-refractivity contribution in [1.29, 1.82) is 5.26 Å². The molecule has 1 amide bonds. The van der Waals surface area contributed by atoms with Crippen LogP contribution in [0.3, 0.4) is 0 Å². The van der Waals surface area contributed by atoms with Gasteiger partial charge in [0.05, 0.1) is 12.8 Å². The lowest BCUT2D eigenvalue weighted by molar-refractivity contribution is -0.112. The van der Waals surface area contributed by atoms with Crippen LogP contribution in [0.2, 0.25) is 0 Å². The number of nitrogens with zero attached hydrogens (tertiary/aromatic N) is 1. The highest BCUT2D eigenvalue weighted by molar-refractivity contribution is 6.07. The molecule has 0 saturated heterocycles. The summed E-state index contributed by atoms with van der Waals surface area (Å²) >= 11 is 0. The summed E-state index contributed by atoms with van der Waals surface area (Å²) in [5.41, 5.74) is 2.22. The van der Waals surface area contributed by atoms with Crippen molar-refractivity contribution in [2.24, 2.45) is 0 Å². The van der Waals surface area contributed by atoms with Crippen LogP contribution in [0, 0.1) is 24.1 Å². The topological polar surface area (TPSA) is 74.1 Å². The second-order valence-corrected chi connectivity index (χ2v) is 5.66. The molecular formula is C20H20FN3O2. The van der Waals surface area contributed by atoms with Gasteiger partial charge >= 0.3 is 0 Å². The van der Waals surface area contributed by atoms with Crippen LogP contribution in [0.25, 0.3) is 0 Å². The molecule has 0 spiro atoms. The number of carbonyl (C=O) groups excluding carboxylic acids is 1. The van der Waals surface area contributed by atoms with Gasteiger partial charge in [0.1, 0.15) is 23.2 Å². The van der Waals surface area contributed by atoms with Gasteiger partial charge in [0, 0.05) is 12.7 Å². The zero-order chi connectivity index (χ0) is 18.9. The first kappa shape index (κ1) is 19.0. The van der Waals surface area contributed by atoms with E-state index in [1.54, 1.807) is 18.2 Å². The zero-order valence-electron chi connectivity index (χ0n) is 14.7. The Hall–Kier alpha value is -3.33. The first-order valence-corrected chi connectivity index (χ1v) is 8.07. The number of hydrogen-bond donors (Lipinski definition) is 2. The van der Waals surface area contributed by atoms with Gasteiger partial charge in [0.15, 0.2) is 0 Å². The summed E-state index contributed by atoms with van der Waals surface area (Å²) in [6, 6.07) is 13.5. The SMILES string of the molecule is COc1ccc(C)cc1NC(=O)/C(C#N)=C\NCCc1cccc(F)c1. The van der Waals surface area contributed by atoms with Crippen LogP contribution < -0.4 is 15.4 Å². The Labute approximate surface area is 152 Å². The van der Waals surface area contributed by atoms with Crippen molar-refractivity contribution in [2.45, 2.75) is 13.3 Å². The zero-order valence-corrected chi connectivity index (χ0v) is 14.7. The third-order valence-corrected chi connectivity index (χ3v) is 3.66. The number of anilines is 1. The number of methoxy groups -OCH3 is 1. The molecule has 5 nitrogen and oxygen atoms in total. The first-order chi connectivity index (χ1) is 12.5. The molecule has 0 aromatic heterocycles. The van der Waals surface area contributed by atoms with Gasteiger partial charge in [-0.1, -0.05) is 18.2 Å². The Balaban J connectivity index is 1.97. The number of ether oxygens (including phenoxy) is 1. The summed E-state index contributed by atoms with van der Waals surface area (Å²) in [6.07, 6.45) is 1.93. The van der Waals surface area contributed by atoms with E-state index in [9.17, 15) is 14.4 Å². The predicted octanol–water partition coefficient (Wildman–Crippen LogP) is 3.32. The van der Waals surface area contributed by atoms with E-state index in [0.717, 1.165) is 11.1 Å². The number of aryl methyl sites for hydroxylation is 1. The van der Waals surface area contributed by atoms with Crippen LogP contribution in [-0.2, 0) is 11.2 Å². The average molecular weight is 353 g/mol. The maximum atomic E-state index is 13.1. The fourth-order valence-electron chi connectivity index (χ4n) is 2.34. The van der Waals surface area contributed by atoms with E-state index < -0.39 is 5.91 Å². The number of nitriles is 1. The van der Waals surface area contributed by atoms with Crippen molar-refractivity contribution in [2.75, 3.05) is 19.0 Å². The first-order valence-electron chi connectivity index (χ1n) is 8.07. The Morgan fingerprint density at radius 3 is 2.81 bits per heavy atom. The molecule has 0 radical (unpaired) electrons. The minimum Gasteiger partial charge on any atom is -0.495 e. The Bertz CT molecular complexity index is 856. The minimum atomic E-state index is -0.533. The molecule has 2 N–H and O–H groups in total. The number of nitrogens with one attached hydrogen (secondary N) is 2. The minimum absolute atomic E-state index is 0.0622. The van der Waals surface area contributed by atoms with Gasteiger partial charge in [0.25, 0.3) is 5.91 Å². The number of rotatable bonds is 7. The number of carbonyl (C=O) groups is 1. The van der Waals surface area contributed by atoms with Gasteiger partial charge in [-0.25, -0.2) is 4.39 Å². The van der Waals surface area contributed by atoms with Crippen LogP contribution in [0.5, 0.6) is 5.75 Å². The lowest BCUT2D eigenvalue weighted by Gasteiger charge is -2.10. The van der Waals surface area contributed by atoms with Gasteiger partial charge in [-0.15, -0.1) is 0 Å². The van der Waals surface area contributed by atoms with Crippen molar-refractivity contribution in [3.8, 4) is 11.8 Å². The highest BCUT2D eigenvalue weighted by Crippen LogP contribution is 2.25. The van der Waals surface area contributed by atoms with Crippen LogP contribution >= 0.6 is 0 Å². The number of benzene rings is 2. The monoisotopic (exact) mass is 353 g/mol. The Morgan fingerprint density at radius 1 is 1.31 bits per heavy atom. The lowest BCUT2D eigenvalue weighted by Crippen LogP contribution is -2.18. The van der Waals surface area contributed by atoms with Crippen LogP contribution in [0.1, 0.15) is 11.1 Å². The van der Waals surface area contributed by atoms with Gasteiger partial charge < -0.3 is 15.4 Å². The molecule has 0 aliphatic carbocycles. The second kappa shape index (κ2) is 9.23. The molecule has 26 heavy (non-hydrogen) atoms. The van der Waals surface area contributed by atoms with Crippen molar-refractivity contribution >= 4 is 11.6 Å². The molecule has 2 aromatic carbocycles. The predicted molar refractivity (Wildman–Crippen MR) is 98.2 cm³/mol. The fourth-order valence-corrected chi connectivity index (χ4v) is 2.34. The molecule has 0 aliphatic rings. The number of hydrogen-bond acceptors (Lipinski definition) is 4. The highest BCUT2D eigenvalue weighted by atomic mass is 19.1. The summed E-state index contributed by atoms with van der Waals surface area (Å²) in [5.74, 6) is -0.308. The third-order valence-electron chi connectivity index (χ3n) is 3.66. The van der Waals surface area contributed by atoms with Crippen LogP contribution in [0.15, 0.2) is 54.2 Å². The van der Waals surface area contributed by atoms with E-state index >= 15 is 0 Å². The van der Waals surface area contributed by atoms with Crippen molar-refractivity contribution in [3.05, 3.63) is 71.2 Å². The smallest absolute Gasteiger partial charge is 0.267 e. The van der Waals surface area contributed by atoms with E-state index in [4.69, 9.17) is 4.74 Å². The van der Waals surface area contributed by atoms with Crippen LogP contribution in [0.4, 0.5) is 10.1 Å². The van der Waals surface area contributed by atoms with Gasteiger partial charge in [-0.05, 0) is 48.7 Å². The molecule has 0 atom stereocenters. The molecule has 0 unspecified atom stereocenters.